The largest absolute Gasteiger partial charge is 0.456 e. The highest BCUT2D eigenvalue weighted by Crippen LogP contribution is 2.20. The van der Waals surface area contributed by atoms with E-state index >= 15 is 0 Å². The Morgan fingerprint density at radius 2 is 2.08 bits per heavy atom. The van der Waals surface area contributed by atoms with Crippen LogP contribution in [0, 0.1) is 0 Å². The van der Waals surface area contributed by atoms with E-state index in [4.69, 9.17) is 5.84 Å². The summed E-state index contributed by atoms with van der Waals surface area (Å²) in [6.45, 7) is 0. The Balaban J connectivity index is 3.01. The summed E-state index contributed by atoms with van der Waals surface area (Å²) in [6.07, 6.45) is -3.70. The minimum absolute atomic E-state index is 0.567. The molecule has 0 aliphatic heterocycles. The number of hydrogen-bond acceptors (Lipinski definition) is 2. The van der Waals surface area contributed by atoms with Gasteiger partial charge in [0.05, 0.1) is 0 Å². The van der Waals surface area contributed by atoms with Gasteiger partial charge < -0.3 is 5.84 Å². The van der Waals surface area contributed by atoms with Crippen molar-refractivity contribution in [1.82, 2.24) is 4.68 Å². The van der Waals surface area contributed by atoms with Crippen molar-refractivity contribution in [3.8, 4) is 0 Å². The van der Waals surface area contributed by atoms with Crippen LogP contribution in [0.15, 0.2) is 18.3 Å². The third-order valence-electron chi connectivity index (χ3n) is 1.27. The number of alkyl halides is 3. The topological polar surface area (TPSA) is 48.0 Å². The second-order valence-corrected chi connectivity index (χ2v) is 2.13. The van der Waals surface area contributed by atoms with Gasteiger partial charge in [0.15, 0.2) is 0 Å². The molecule has 0 saturated carbocycles. The molecule has 0 aliphatic carbocycles. The van der Waals surface area contributed by atoms with Crippen LogP contribution in [0.5, 0.6) is 0 Å². The van der Waals surface area contributed by atoms with Gasteiger partial charge in [0, 0.05) is 6.20 Å². The summed E-state index contributed by atoms with van der Waals surface area (Å²) in [4.78, 5) is 10.5. The number of carbonyl (C=O) groups excluding carboxylic acids is 1. The molecule has 12 heavy (non-hydrogen) atoms. The van der Waals surface area contributed by atoms with E-state index in [2.05, 4.69) is 0 Å². The first-order valence-corrected chi connectivity index (χ1v) is 2.97. The van der Waals surface area contributed by atoms with Crippen LogP contribution in [-0.4, -0.2) is 16.6 Å². The molecule has 0 amide bonds. The van der Waals surface area contributed by atoms with E-state index in [1.54, 1.807) is 0 Å². The quantitative estimate of drug-likeness (QED) is 0.514. The van der Waals surface area contributed by atoms with Crippen molar-refractivity contribution in [3.63, 3.8) is 0 Å². The van der Waals surface area contributed by atoms with Gasteiger partial charge in [-0.05, 0) is 12.1 Å². The molecular formula is C6H5F3N2O. The molecule has 3 nitrogen and oxygen atoms in total. The van der Waals surface area contributed by atoms with Crippen molar-refractivity contribution < 1.29 is 18.0 Å². The van der Waals surface area contributed by atoms with E-state index in [1.807, 2.05) is 0 Å². The van der Waals surface area contributed by atoms with Gasteiger partial charge in [0.25, 0.3) is 5.78 Å². The monoisotopic (exact) mass is 178 g/mol. The number of rotatable bonds is 1. The molecule has 1 aromatic heterocycles. The van der Waals surface area contributed by atoms with E-state index in [0.29, 0.717) is 4.68 Å². The normalized spacial score (nSPS) is 11.6. The van der Waals surface area contributed by atoms with Gasteiger partial charge >= 0.3 is 6.18 Å². The van der Waals surface area contributed by atoms with Gasteiger partial charge in [-0.1, -0.05) is 0 Å². The molecule has 0 radical (unpaired) electrons. The number of aromatic nitrogens is 1. The second kappa shape index (κ2) is 2.54. The fourth-order valence-electron chi connectivity index (χ4n) is 0.731. The number of Topliss-reactive ketones (excluding diaryl/α,β-unsaturated/α-hetero) is 1. The first-order chi connectivity index (χ1) is 5.43. The summed E-state index contributed by atoms with van der Waals surface area (Å²) >= 11 is 0. The van der Waals surface area contributed by atoms with Crippen LogP contribution in [0.25, 0.3) is 0 Å². The molecule has 0 unspecified atom stereocenters. The molecule has 1 heterocycles. The Hall–Kier alpha value is -1.46. The first kappa shape index (κ1) is 8.63. The lowest BCUT2D eigenvalue weighted by Gasteiger charge is -2.04. The maximum atomic E-state index is 11.8. The molecule has 0 aromatic carbocycles. The SMILES string of the molecule is Nn1cccc1C(=O)C(F)(F)F. The highest BCUT2D eigenvalue weighted by atomic mass is 19.4. The zero-order valence-corrected chi connectivity index (χ0v) is 5.80. The molecule has 0 spiro atoms. The fraction of sp³-hybridized carbons (Fsp3) is 0.167. The van der Waals surface area contributed by atoms with Crippen LogP contribution in [-0.2, 0) is 0 Å². The molecule has 1 rings (SSSR count). The van der Waals surface area contributed by atoms with Crippen molar-refractivity contribution >= 4 is 5.78 Å². The molecule has 6 heteroatoms. The van der Waals surface area contributed by atoms with Crippen LogP contribution in [0.1, 0.15) is 10.5 Å². The highest BCUT2D eigenvalue weighted by molar-refractivity contribution is 5.98. The van der Waals surface area contributed by atoms with Crippen LogP contribution < -0.4 is 5.84 Å². The Morgan fingerprint density at radius 1 is 1.50 bits per heavy atom. The van der Waals surface area contributed by atoms with E-state index in [9.17, 15) is 18.0 Å². The van der Waals surface area contributed by atoms with Crippen molar-refractivity contribution in [2.24, 2.45) is 0 Å². The minimum Gasteiger partial charge on any atom is -0.339 e. The summed E-state index contributed by atoms with van der Waals surface area (Å²) in [7, 11) is 0. The summed E-state index contributed by atoms with van der Waals surface area (Å²) < 4.78 is 36.0. The summed E-state index contributed by atoms with van der Waals surface area (Å²) in [5.74, 6) is 3.10. The molecular weight excluding hydrogens is 173 g/mol. The first-order valence-electron chi connectivity index (χ1n) is 2.97. The lowest BCUT2D eigenvalue weighted by molar-refractivity contribution is -0.0889. The molecule has 0 bridgehead atoms. The van der Waals surface area contributed by atoms with Gasteiger partial charge in [0.1, 0.15) is 5.69 Å². The Labute approximate surface area is 65.5 Å². The van der Waals surface area contributed by atoms with Gasteiger partial charge in [-0.15, -0.1) is 0 Å². The molecule has 0 saturated heterocycles. The number of nitrogens with two attached hydrogens (primary N) is 1. The Bertz CT molecular complexity index is 302. The number of nitrogen functional groups attached to an aromatic ring is 1. The predicted octanol–water partition coefficient (Wildman–Crippen LogP) is 0.947. The Kier molecular flexibility index (Phi) is 1.83. The second-order valence-electron chi connectivity index (χ2n) is 2.13. The molecule has 1 aromatic rings. The Morgan fingerprint density at radius 3 is 2.42 bits per heavy atom. The standard InChI is InChI=1S/C6H5F3N2O/c7-6(8,9)5(12)4-2-1-3-11(4)10/h1-3H,10H2. The smallest absolute Gasteiger partial charge is 0.339 e. The number of halogens is 3. The van der Waals surface area contributed by atoms with Gasteiger partial charge in [0.2, 0.25) is 0 Å². The van der Waals surface area contributed by atoms with E-state index < -0.39 is 17.7 Å². The highest BCUT2D eigenvalue weighted by Gasteiger charge is 2.40. The molecule has 0 fully saturated rings. The van der Waals surface area contributed by atoms with Crippen LogP contribution in [0.2, 0.25) is 0 Å². The van der Waals surface area contributed by atoms with Crippen LogP contribution in [0.4, 0.5) is 13.2 Å². The molecule has 2 N–H and O–H groups in total. The van der Waals surface area contributed by atoms with Crippen molar-refractivity contribution in [1.29, 1.82) is 0 Å². The van der Waals surface area contributed by atoms with Crippen LogP contribution in [0.3, 0.4) is 0 Å². The van der Waals surface area contributed by atoms with Gasteiger partial charge in [-0.25, -0.2) is 0 Å². The van der Waals surface area contributed by atoms with E-state index in [1.165, 1.54) is 12.3 Å². The van der Waals surface area contributed by atoms with Gasteiger partial charge in [-0.2, -0.15) is 13.2 Å². The summed E-state index contributed by atoms with van der Waals surface area (Å²) in [5, 5.41) is 0. The van der Waals surface area contributed by atoms with E-state index in [0.717, 1.165) is 6.07 Å². The lowest BCUT2D eigenvalue weighted by atomic mass is 10.3. The number of ketones is 1. The minimum atomic E-state index is -4.87. The average Bonchev–Trinajstić information content (AvgIpc) is 2.31. The molecule has 0 aliphatic rings. The summed E-state index contributed by atoms with van der Waals surface area (Å²) in [6, 6.07) is 2.27. The number of nitrogens with zero attached hydrogens (tertiary/aromatic N) is 1. The maximum absolute atomic E-state index is 11.8. The predicted molar refractivity (Wildman–Crippen MR) is 35.0 cm³/mol. The molecule has 66 valence electrons. The van der Waals surface area contributed by atoms with Crippen molar-refractivity contribution in [3.05, 3.63) is 24.0 Å². The molecule has 0 atom stereocenters. The van der Waals surface area contributed by atoms with Gasteiger partial charge in [-0.3, -0.25) is 9.47 Å². The average molecular weight is 178 g/mol. The third-order valence-corrected chi connectivity index (χ3v) is 1.27. The number of hydrogen-bond donors (Lipinski definition) is 1. The maximum Gasteiger partial charge on any atom is 0.456 e. The number of carbonyl (C=O) groups is 1. The van der Waals surface area contributed by atoms with Crippen LogP contribution >= 0.6 is 0 Å². The third kappa shape index (κ3) is 1.41. The fourth-order valence-corrected chi connectivity index (χ4v) is 0.731. The lowest BCUT2D eigenvalue weighted by Crippen LogP contribution is -2.27. The van der Waals surface area contributed by atoms with E-state index in [-0.39, 0.29) is 0 Å². The van der Waals surface area contributed by atoms with Crippen molar-refractivity contribution in [2.75, 3.05) is 5.84 Å². The zero-order valence-electron chi connectivity index (χ0n) is 5.80. The summed E-state index contributed by atoms with van der Waals surface area (Å²) in [5.41, 5.74) is -0.567. The van der Waals surface area contributed by atoms with Crippen molar-refractivity contribution in [2.45, 2.75) is 6.18 Å². The zero-order chi connectivity index (χ0) is 9.35.